The maximum absolute atomic E-state index is 12.6. The van der Waals surface area contributed by atoms with E-state index in [4.69, 9.17) is 9.47 Å². The smallest absolute Gasteiger partial charge is 0.271 e. The van der Waals surface area contributed by atoms with Crippen molar-refractivity contribution in [2.75, 3.05) is 19.5 Å². The van der Waals surface area contributed by atoms with E-state index in [1.165, 1.54) is 12.1 Å². The number of hydrogen-bond donors (Lipinski definition) is 1. The molecule has 3 rings (SSSR count). The van der Waals surface area contributed by atoms with Crippen molar-refractivity contribution < 1.29 is 19.1 Å². The van der Waals surface area contributed by atoms with E-state index in [0.29, 0.717) is 35.9 Å². The fourth-order valence-electron chi connectivity index (χ4n) is 2.76. The Bertz CT molecular complexity index is 865. The lowest BCUT2D eigenvalue weighted by Crippen LogP contribution is -2.36. The molecule has 0 unspecified atom stereocenters. The van der Waals surface area contributed by atoms with Gasteiger partial charge < -0.3 is 14.8 Å². The molecule has 140 valence electrons. The van der Waals surface area contributed by atoms with Gasteiger partial charge in [-0.3, -0.25) is 9.59 Å². The van der Waals surface area contributed by atoms with Gasteiger partial charge in [0.1, 0.15) is 5.71 Å². The summed E-state index contributed by atoms with van der Waals surface area (Å²) in [7, 11) is 3.08. The maximum Gasteiger partial charge on any atom is 0.271 e. The zero-order valence-electron chi connectivity index (χ0n) is 15.3. The molecule has 7 nitrogen and oxygen atoms in total. The van der Waals surface area contributed by atoms with Crippen LogP contribution in [0, 0.1) is 0 Å². The Balaban J connectivity index is 1.73. The zero-order valence-corrected chi connectivity index (χ0v) is 15.3. The van der Waals surface area contributed by atoms with Gasteiger partial charge in [0, 0.05) is 24.6 Å². The minimum Gasteiger partial charge on any atom is -0.493 e. The van der Waals surface area contributed by atoms with Gasteiger partial charge in [0.25, 0.3) is 5.91 Å². The molecule has 1 heterocycles. The molecular weight excluding hydrogens is 346 g/mol. The van der Waals surface area contributed by atoms with Gasteiger partial charge in [-0.05, 0) is 17.7 Å². The molecule has 1 aliphatic heterocycles. The number of anilines is 1. The van der Waals surface area contributed by atoms with Crippen molar-refractivity contribution in [1.29, 1.82) is 0 Å². The van der Waals surface area contributed by atoms with Crippen LogP contribution in [0.15, 0.2) is 53.6 Å². The van der Waals surface area contributed by atoms with Crippen molar-refractivity contribution in [3.63, 3.8) is 0 Å². The van der Waals surface area contributed by atoms with E-state index in [2.05, 4.69) is 10.4 Å². The van der Waals surface area contributed by atoms with Gasteiger partial charge in [-0.1, -0.05) is 30.3 Å². The number of hydrazone groups is 1. The molecule has 1 aliphatic rings. The molecule has 0 saturated heterocycles. The van der Waals surface area contributed by atoms with Crippen LogP contribution in [0.2, 0.25) is 0 Å². The second-order valence-corrected chi connectivity index (χ2v) is 6.01. The molecule has 2 amide bonds. The van der Waals surface area contributed by atoms with Gasteiger partial charge in [0.2, 0.25) is 5.91 Å². The van der Waals surface area contributed by atoms with Crippen LogP contribution in [0.25, 0.3) is 0 Å². The Kier molecular flexibility index (Phi) is 5.71. The number of hydrogen-bond acceptors (Lipinski definition) is 5. The number of carbonyl (C=O) groups excluding carboxylic acids is 2. The van der Waals surface area contributed by atoms with E-state index in [9.17, 15) is 9.59 Å². The molecule has 0 aromatic heterocycles. The third kappa shape index (κ3) is 4.44. The number of nitrogens with one attached hydrogen (secondary N) is 1. The number of rotatable bonds is 6. The van der Waals surface area contributed by atoms with Crippen molar-refractivity contribution in [3.05, 3.63) is 54.1 Å². The summed E-state index contributed by atoms with van der Waals surface area (Å²) in [5.41, 5.74) is 1.84. The number of nitrogens with zero attached hydrogens (tertiary/aromatic N) is 2. The summed E-state index contributed by atoms with van der Waals surface area (Å²) >= 11 is 0. The second-order valence-electron chi connectivity index (χ2n) is 6.01. The van der Waals surface area contributed by atoms with Crippen molar-refractivity contribution in [2.45, 2.75) is 19.4 Å². The predicted octanol–water partition coefficient (Wildman–Crippen LogP) is 2.82. The minimum absolute atomic E-state index is 0.0958. The van der Waals surface area contributed by atoms with Gasteiger partial charge in [0.15, 0.2) is 11.5 Å². The van der Waals surface area contributed by atoms with E-state index >= 15 is 0 Å². The highest BCUT2D eigenvalue weighted by molar-refractivity contribution is 6.43. The molecule has 0 fully saturated rings. The number of methoxy groups -OCH3 is 2. The molecule has 7 heteroatoms. The first-order chi connectivity index (χ1) is 13.1. The maximum atomic E-state index is 12.6. The molecule has 2 aromatic carbocycles. The Morgan fingerprint density at radius 1 is 1.07 bits per heavy atom. The summed E-state index contributed by atoms with van der Waals surface area (Å²) in [4.78, 5) is 24.7. The first-order valence-corrected chi connectivity index (χ1v) is 8.56. The minimum atomic E-state index is -0.340. The van der Waals surface area contributed by atoms with Gasteiger partial charge in [0.05, 0.1) is 20.8 Å². The summed E-state index contributed by atoms with van der Waals surface area (Å²) in [6.07, 6.45) is 0.564. The van der Waals surface area contributed by atoms with Crippen molar-refractivity contribution in [1.82, 2.24) is 5.01 Å². The Hall–Kier alpha value is -3.35. The third-order valence-electron chi connectivity index (χ3n) is 4.18. The van der Waals surface area contributed by atoms with Crippen LogP contribution in [0.1, 0.15) is 18.4 Å². The van der Waals surface area contributed by atoms with Crippen LogP contribution in [0.4, 0.5) is 5.69 Å². The van der Waals surface area contributed by atoms with E-state index < -0.39 is 0 Å². The zero-order chi connectivity index (χ0) is 19.2. The lowest BCUT2D eigenvalue weighted by Gasteiger charge is -2.23. The summed E-state index contributed by atoms with van der Waals surface area (Å²) in [6, 6.07) is 14.6. The standard InChI is InChI=1S/C20H21N3O4/c1-26-17-10-8-15(12-18(17)27-2)21-20(25)16-9-11-19(24)23(22-16)13-14-6-4-3-5-7-14/h3-8,10,12H,9,11,13H2,1-2H3,(H,21,25). The van der Waals surface area contributed by atoms with Crippen LogP contribution in [-0.4, -0.2) is 36.8 Å². The third-order valence-corrected chi connectivity index (χ3v) is 4.18. The quantitative estimate of drug-likeness (QED) is 0.851. The molecule has 2 aromatic rings. The predicted molar refractivity (Wildman–Crippen MR) is 102 cm³/mol. The number of benzene rings is 2. The fraction of sp³-hybridized carbons (Fsp3) is 0.250. The van der Waals surface area contributed by atoms with Crippen LogP contribution in [0.3, 0.4) is 0 Å². The molecule has 1 N–H and O–H groups in total. The Labute approximate surface area is 157 Å². The molecule has 0 aliphatic carbocycles. The lowest BCUT2D eigenvalue weighted by molar-refractivity contribution is -0.132. The number of ether oxygens (including phenoxy) is 2. The highest BCUT2D eigenvalue weighted by Crippen LogP contribution is 2.29. The monoisotopic (exact) mass is 367 g/mol. The molecule has 0 saturated carbocycles. The SMILES string of the molecule is COc1ccc(NC(=O)C2=NN(Cc3ccccc3)C(=O)CC2)cc1OC. The largest absolute Gasteiger partial charge is 0.493 e. The highest BCUT2D eigenvalue weighted by Gasteiger charge is 2.24. The van der Waals surface area contributed by atoms with Gasteiger partial charge in [-0.25, -0.2) is 5.01 Å². The van der Waals surface area contributed by atoms with Crippen LogP contribution in [-0.2, 0) is 16.1 Å². The Morgan fingerprint density at radius 3 is 2.52 bits per heavy atom. The topological polar surface area (TPSA) is 80.2 Å². The fourth-order valence-corrected chi connectivity index (χ4v) is 2.76. The van der Waals surface area contributed by atoms with Gasteiger partial charge in [-0.15, -0.1) is 0 Å². The lowest BCUT2D eigenvalue weighted by atomic mass is 10.1. The van der Waals surface area contributed by atoms with E-state index in [1.54, 1.807) is 25.3 Å². The van der Waals surface area contributed by atoms with Crippen LogP contribution < -0.4 is 14.8 Å². The molecule has 0 spiro atoms. The molecule has 27 heavy (non-hydrogen) atoms. The van der Waals surface area contributed by atoms with Crippen LogP contribution in [0.5, 0.6) is 11.5 Å². The summed E-state index contributed by atoms with van der Waals surface area (Å²) in [5, 5.41) is 8.41. The first-order valence-electron chi connectivity index (χ1n) is 8.56. The average Bonchev–Trinajstić information content (AvgIpc) is 2.70. The summed E-state index contributed by atoms with van der Waals surface area (Å²) in [5.74, 6) is 0.654. The van der Waals surface area contributed by atoms with E-state index in [0.717, 1.165) is 5.56 Å². The first kappa shape index (κ1) is 18.4. The highest BCUT2D eigenvalue weighted by atomic mass is 16.5. The van der Waals surface area contributed by atoms with E-state index in [-0.39, 0.29) is 18.2 Å². The summed E-state index contributed by atoms with van der Waals surface area (Å²) < 4.78 is 10.4. The molecular formula is C20H21N3O4. The summed E-state index contributed by atoms with van der Waals surface area (Å²) in [6.45, 7) is 0.340. The molecule has 0 atom stereocenters. The molecule has 0 radical (unpaired) electrons. The van der Waals surface area contributed by atoms with Crippen molar-refractivity contribution >= 4 is 23.2 Å². The van der Waals surface area contributed by atoms with Gasteiger partial charge >= 0.3 is 0 Å². The number of amides is 2. The van der Waals surface area contributed by atoms with Gasteiger partial charge in [-0.2, -0.15) is 5.10 Å². The van der Waals surface area contributed by atoms with E-state index in [1.807, 2.05) is 30.3 Å². The Morgan fingerprint density at radius 2 is 1.81 bits per heavy atom. The molecule has 0 bridgehead atoms. The van der Waals surface area contributed by atoms with Crippen molar-refractivity contribution in [3.8, 4) is 11.5 Å². The average molecular weight is 367 g/mol. The van der Waals surface area contributed by atoms with Crippen LogP contribution >= 0.6 is 0 Å². The second kappa shape index (κ2) is 8.35. The normalized spacial score (nSPS) is 13.8. The number of carbonyl (C=O) groups is 2. The van der Waals surface area contributed by atoms with Crippen molar-refractivity contribution in [2.24, 2.45) is 5.10 Å².